The molecule has 1 aromatic carbocycles. The molecule has 3 heteroatoms. The standard InChI is InChI=1S/C9H7BrO2/c10-5-1-2-7-6(3-5)9-8(12-9)4-11-7/h1-3,8-9H,4H2. The summed E-state index contributed by atoms with van der Waals surface area (Å²) >= 11 is 3.43. The Morgan fingerprint density at radius 2 is 2.33 bits per heavy atom. The van der Waals surface area contributed by atoms with Crippen LogP contribution in [0, 0.1) is 0 Å². The number of halogens is 1. The van der Waals surface area contributed by atoms with Crippen LogP contribution in [0.2, 0.25) is 0 Å². The highest BCUT2D eigenvalue weighted by Crippen LogP contribution is 2.47. The molecule has 2 heterocycles. The molecular formula is C9H7BrO2. The van der Waals surface area contributed by atoms with Gasteiger partial charge in [0.05, 0.1) is 0 Å². The number of hydrogen-bond donors (Lipinski definition) is 0. The Bertz CT molecular complexity index is 337. The van der Waals surface area contributed by atoms with Gasteiger partial charge in [-0.2, -0.15) is 0 Å². The van der Waals surface area contributed by atoms with Crippen molar-refractivity contribution in [3.8, 4) is 5.75 Å². The van der Waals surface area contributed by atoms with E-state index in [1.54, 1.807) is 0 Å². The fourth-order valence-electron chi connectivity index (χ4n) is 1.59. The van der Waals surface area contributed by atoms with Crippen LogP contribution in [-0.2, 0) is 4.74 Å². The Balaban J connectivity index is 2.14. The third-order valence-corrected chi connectivity index (χ3v) is 2.76. The maximum absolute atomic E-state index is 5.49. The van der Waals surface area contributed by atoms with Crippen LogP contribution in [0.5, 0.6) is 5.75 Å². The Morgan fingerprint density at radius 1 is 1.42 bits per heavy atom. The minimum Gasteiger partial charge on any atom is -0.490 e. The average Bonchev–Trinajstić information content (AvgIpc) is 2.82. The fraction of sp³-hybridized carbons (Fsp3) is 0.333. The lowest BCUT2D eigenvalue weighted by Crippen LogP contribution is -2.11. The molecule has 0 aliphatic carbocycles. The zero-order chi connectivity index (χ0) is 8.13. The van der Waals surface area contributed by atoms with E-state index in [1.807, 2.05) is 12.1 Å². The summed E-state index contributed by atoms with van der Waals surface area (Å²) in [6, 6.07) is 6.04. The third-order valence-electron chi connectivity index (χ3n) is 2.26. The van der Waals surface area contributed by atoms with Gasteiger partial charge in [0, 0.05) is 10.0 Å². The molecule has 2 atom stereocenters. The molecule has 0 saturated carbocycles. The zero-order valence-electron chi connectivity index (χ0n) is 6.29. The molecule has 1 aromatic rings. The molecule has 0 spiro atoms. The molecule has 2 nitrogen and oxygen atoms in total. The van der Waals surface area contributed by atoms with E-state index in [0.29, 0.717) is 18.8 Å². The van der Waals surface area contributed by atoms with Gasteiger partial charge in [-0.25, -0.2) is 0 Å². The quantitative estimate of drug-likeness (QED) is 0.634. The molecule has 1 fully saturated rings. The number of rotatable bonds is 0. The predicted octanol–water partition coefficient (Wildman–Crippen LogP) is 2.28. The van der Waals surface area contributed by atoms with Crippen molar-refractivity contribution < 1.29 is 9.47 Å². The number of hydrogen-bond acceptors (Lipinski definition) is 2. The zero-order valence-corrected chi connectivity index (χ0v) is 7.87. The second kappa shape index (κ2) is 2.24. The summed E-state index contributed by atoms with van der Waals surface area (Å²) < 4.78 is 12.0. The van der Waals surface area contributed by atoms with Crippen molar-refractivity contribution in [2.75, 3.05) is 6.61 Å². The topological polar surface area (TPSA) is 21.8 Å². The van der Waals surface area contributed by atoms with Crippen molar-refractivity contribution in [2.24, 2.45) is 0 Å². The first kappa shape index (κ1) is 6.92. The SMILES string of the molecule is Brc1ccc2c(c1)C1OC1CO2. The summed E-state index contributed by atoms with van der Waals surface area (Å²) in [6.07, 6.45) is 0.609. The van der Waals surface area contributed by atoms with E-state index in [4.69, 9.17) is 9.47 Å². The van der Waals surface area contributed by atoms with Crippen molar-refractivity contribution in [3.63, 3.8) is 0 Å². The van der Waals surface area contributed by atoms with E-state index in [0.717, 1.165) is 10.2 Å². The molecule has 0 amide bonds. The van der Waals surface area contributed by atoms with Gasteiger partial charge in [0.1, 0.15) is 24.6 Å². The summed E-state index contributed by atoms with van der Waals surface area (Å²) in [5.74, 6) is 0.969. The van der Waals surface area contributed by atoms with Crippen LogP contribution in [0.4, 0.5) is 0 Å². The predicted molar refractivity (Wildman–Crippen MR) is 47.3 cm³/mol. The maximum atomic E-state index is 5.49. The van der Waals surface area contributed by atoms with Crippen LogP contribution in [-0.4, -0.2) is 12.7 Å². The Hall–Kier alpha value is -0.540. The summed E-state index contributed by atoms with van der Waals surface area (Å²) in [7, 11) is 0. The van der Waals surface area contributed by atoms with E-state index in [2.05, 4.69) is 22.0 Å². The normalized spacial score (nSPS) is 30.1. The lowest BCUT2D eigenvalue weighted by molar-refractivity contribution is 0.267. The molecular weight excluding hydrogens is 220 g/mol. The van der Waals surface area contributed by atoms with Crippen LogP contribution in [0.1, 0.15) is 11.7 Å². The van der Waals surface area contributed by atoms with E-state index >= 15 is 0 Å². The molecule has 3 rings (SSSR count). The van der Waals surface area contributed by atoms with Gasteiger partial charge in [0.25, 0.3) is 0 Å². The first-order chi connectivity index (χ1) is 5.84. The fourth-order valence-corrected chi connectivity index (χ4v) is 1.97. The molecule has 2 aliphatic rings. The molecule has 0 N–H and O–H groups in total. The lowest BCUT2D eigenvalue weighted by atomic mass is 10.1. The van der Waals surface area contributed by atoms with Crippen LogP contribution < -0.4 is 4.74 Å². The second-order valence-electron chi connectivity index (χ2n) is 3.09. The summed E-state index contributed by atoms with van der Waals surface area (Å²) in [5, 5.41) is 0. The first-order valence-electron chi connectivity index (χ1n) is 3.92. The van der Waals surface area contributed by atoms with Crippen LogP contribution in [0.3, 0.4) is 0 Å². The molecule has 62 valence electrons. The molecule has 0 radical (unpaired) electrons. The highest BCUT2D eigenvalue weighted by atomic mass is 79.9. The summed E-state index contributed by atoms with van der Waals surface area (Å²) in [5.41, 5.74) is 1.18. The van der Waals surface area contributed by atoms with Crippen LogP contribution in [0.25, 0.3) is 0 Å². The van der Waals surface area contributed by atoms with Gasteiger partial charge in [-0.05, 0) is 18.2 Å². The smallest absolute Gasteiger partial charge is 0.125 e. The largest absolute Gasteiger partial charge is 0.490 e. The van der Waals surface area contributed by atoms with Gasteiger partial charge >= 0.3 is 0 Å². The highest BCUT2D eigenvalue weighted by molar-refractivity contribution is 9.10. The van der Waals surface area contributed by atoms with Crippen molar-refractivity contribution in [1.29, 1.82) is 0 Å². The first-order valence-corrected chi connectivity index (χ1v) is 4.71. The number of ether oxygens (including phenoxy) is 2. The average molecular weight is 227 g/mol. The van der Waals surface area contributed by atoms with Crippen molar-refractivity contribution in [3.05, 3.63) is 28.2 Å². The molecule has 1 saturated heterocycles. The molecule has 12 heavy (non-hydrogen) atoms. The van der Waals surface area contributed by atoms with E-state index < -0.39 is 0 Å². The van der Waals surface area contributed by atoms with Crippen molar-refractivity contribution in [2.45, 2.75) is 12.2 Å². The third kappa shape index (κ3) is 0.898. The van der Waals surface area contributed by atoms with Gasteiger partial charge in [0.2, 0.25) is 0 Å². The highest BCUT2D eigenvalue weighted by Gasteiger charge is 2.45. The minimum atomic E-state index is 0.297. The van der Waals surface area contributed by atoms with Gasteiger partial charge in [0.15, 0.2) is 0 Å². The molecule has 0 bridgehead atoms. The summed E-state index contributed by atoms with van der Waals surface area (Å²) in [6.45, 7) is 0.708. The molecule has 2 aliphatic heterocycles. The Labute approximate surface area is 78.6 Å². The van der Waals surface area contributed by atoms with Gasteiger partial charge in [-0.15, -0.1) is 0 Å². The molecule has 2 unspecified atom stereocenters. The number of benzene rings is 1. The minimum absolute atomic E-state index is 0.297. The number of fused-ring (bicyclic) bond motifs is 3. The van der Waals surface area contributed by atoms with Crippen molar-refractivity contribution in [1.82, 2.24) is 0 Å². The number of epoxide rings is 1. The lowest BCUT2D eigenvalue weighted by Gasteiger charge is -2.13. The van der Waals surface area contributed by atoms with Crippen LogP contribution >= 0.6 is 15.9 Å². The van der Waals surface area contributed by atoms with E-state index in [1.165, 1.54) is 5.56 Å². The van der Waals surface area contributed by atoms with Crippen molar-refractivity contribution >= 4 is 15.9 Å². The monoisotopic (exact) mass is 226 g/mol. The van der Waals surface area contributed by atoms with E-state index in [9.17, 15) is 0 Å². The second-order valence-corrected chi connectivity index (χ2v) is 4.00. The van der Waals surface area contributed by atoms with Crippen LogP contribution in [0.15, 0.2) is 22.7 Å². The summed E-state index contributed by atoms with van der Waals surface area (Å²) in [4.78, 5) is 0. The Kier molecular flexibility index (Phi) is 1.29. The van der Waals surface area contributed by atoms with Gasteiger partial charge in [-0.3, -0.25) is 0 Å². The van der Waals surface area contributed by atoms with E-state index in [-0.39, 0.29) is 0 Å². The van der Waals surface area contributed by atoms with Gasteiger partial charge in [-0.1, -0.05) is 15.9 Å². The Morgan fingerprint density at radius 3 is 3.25 bits per heavy atom. The maximum Gasteiger partial charge on any atom is 0.125 e. The molecule has 0 aromatic heterocycles. The van der Waals surface area contributed by atoms with Gasteiger partial charge < -0.3 is 9.47 Å².